The lowest BCUT2D eigenvalue weighted by Crippen LogP contribution is -2.22. The van der Waals surface area contributed by atoms with Crippen LogP contribution in [0.2, 0.25) is 0 Å². The fourth-order valence-electron chi connectivity index (χ4n) is 2.06. The lowest BCUT2D eigenvalue weighted by atomic mass is 10.2. The molecule has 0 radical (unpaired) electrons. The summed E-state index contributed by atoms with van der Waals surface area (Å²) in [6.45, 7) is 0. The van der Waals surface area contributed by atoms with Crippen LogP contribution in [0.25, 0.3) is 11.1 Å². The third-order valence-electron chi connectivity index (χ3n) is 3.31. The molecular weight excluding hydrogens is 332 g/mol. The highest BCUT2D eigenvalue weighted by Crippen LogP contribution is 2.27. The highest BCUT2D eigenvalue weighted by molar-refractivity contribution is 7.98. The van der Waals surface area contributed by atoms with Gasteiger partial charge in [0.25, 0.3) is 5.22 Å². The Labute approximate surface area is 139 Å². The third kappa shape index (κ3) is 3.41. The second-order valence-corrected chi connectivity index (χ2v) is 8.25. The predicted molar refractivity (Wildman–Crippen MR) is 90.9 cm³/mol. The topological polar surface area (TPSA) is 63.4 Å². The zero-order valence-electron chi connectivity index (χ0n) is 12.8. The van der Waals surface area contributed by atoms with Crippen LogP contribution in [-0.4, -0.2) is 31.8 Å². The number of benzene rings is 2. The molecule has 7 heteroatoms. The molecule has 5 nitrogen and oxygen atoms in total. The normalized spacial score (nSPS) is 12.1. The average Bonchev–Trinajstić information content (AvgIpc) is 2.96. The van der Waals surface area contributed by atoms with Crippen molar-refractivity contribution >= 4 is 32.9 Å². The second-order valence-electron chi connectivity index (χ2n) is 5.17. The lowest BCUT2D eigenvalue weighted by molar-refractivity contribution is 0.489. The summed E-state index contributed by atoms with van der Waals surface area (Å²) < 4.78 is 31.2. The highest BCUT2D eigenvalue weighted by Gasteiger charge is 2.17. The molecule has 0 atom stereocenters. The number of oxazole rings is 1. The molecule has 3 aromatic rings. The van der Waals surface area contributed by atoms with Crippen LogP contribution in [0.3, 0.4) is 0 Å². The minimum atomic E-state index is -3.42. The van der Waals surface area contributed by atoms with Gasteiger partial charge in [-0.2, -0.15) is 0 Å². The first-order valence-electron chi connectivity index (χ1n) is 6.96. The summed E-state index contributed by atoms with van der Waals surface area (Å²) in [5.41, 5.74) is 2.47. The summed E-state index contributed by atoms with van der Waals surface area (Å²) in [6, 6.07) is 14.5. The highest BCUT2D eigenvalue weighted by atomic mass is 32.2. The number of para-hydroxylation sites is 2. The molecule has 0 aliphatic heterocycles. The number of hydrogen-bond acceptors (Lipinski definition) is 5. The van der Waals surface area contributed by atoms with Gasteiger partial charge < -0.3 is 4.42 Å². The first kappa shape index (κ1) is 16.0. The molecule has 0 aliphatic rings. The standard InChI is InChI=1S/C16H16N2O3S2/c1-18(2)23(19,20)13-7-5-6-12(10-13)11-22-16-17-14-8-3-4-9-15(14)21-16/h3-10H,11H2,1-2H3. The number of hydrogen-bond donors (Lipinski definition) is 0. The molecule has 0 fully saturated rings. The summed E-state index contributed by atoms with van der Waals surface area (Å²) in [7, 11) is -0.372. The monoisotopic (exact) mass is 348 g/mol. The Bertz CT molecular complexity index is 900. The van der Waals surface area contributed by atoms with E-state index >= 15 is 0 Å². The van der Waals surface area contributed by atoms with Crippen molar-refractivity contribution in [1.29, 1.82) is 0 Å². The molecule has 23 heavy (non-hydrogen) atoms. The fourth-order valence-corrected chi connectivity index (χ4v) is 3.82. The summed E-state index contributed by atoms with van der Waals surface area (Å²) in [5.74, 6) is 0.587. The van der Waals surface area contributed by atoms with Crippen LogP contribution in [0.5, 0.6) is 0 Å². The van der Waals surface area contributed by atoms with Crippen molar-refractivity contribution in [2.45, 2.75) is 15.9 Å². The molecule has 0 saturated carbocycles. The Morgan fingerprint density at radius 1 is 1.13 bits per heavy atom. The van der Waals surface area contributed by atoms with E-state index in [-0.39, 0.29) is 4.90 Å². The summed E-state index contributed by atoms with van der Waals surface area (Å²) in [6.07, 6.45) is 0. The van der Waals surface area contributed by atoms with E-state index in [2.05, 4.69) is 4.98 Å². The average molecular weight is 348 g/mol. The summed E-state index contributed by atoms with van der Waals surface area (Å²) in [4.78, 5) is 4.69. The van der Waals surface area contributed by atoms with Gasteiger partial charge in [-0.15, -0.1) is 0 Å². The van der Waals surface area contributed by atoms with Gasteiger partial charge in [-0.05, 0) is 29.8 Å². The molecular formula is C16H16N2O3S2. The van der Waals surface area contributed by atoms with Gasteiger partial charge in [-0.3, -0.25) is 0 Å². The Morgan fingerprint density at radius 2 is 1.91 bits per heavy atom. The number of thioether (sulfide) groups is 1. The molecule has 0 amide bonds. The fraction of sp³-hybridized carbons (Fsp3) is 0.188. The third-order valence-corrected chi connectivity index (χ3v) is 6.02. The van der Waals surface area contributed by atoms with Gasteiger partial charge in [0.15, 0.2) is 5.58 Å². The molecule has 1 aromatic heterocycles. The van der Waals surface area contributed by atoms with E-state index in [0.717, 1.165) is 16.7 Å². The molecule has 0 N–H and O–H groups in total. The quantitative estimate of drug-likeness (QED) is 0.662. The van der Waals surface area contributed by atoms with Gasteiger partial charge in [0.2, 0.25) is 10.0 Å². The van der Waals surface area contributed by atoms with Crippen molar-refractivity contribution in [2.75, 3.05) is 14.1 Å². The largest absolute Gasteiger partial charge is 0.431 e. The van der Waals surface area contributed by atoms with E-state index < -0.39 is 10.0 Å². The van der Waals surface area contributed by atoms with Crippen LogP contribution >= 0.6 is 11.8 Å². The predicted octanol–water partition coefficient (Wildman–Crippen LogP) is 3.37. The maximum absolute atomic E-state index is 12.2. The zero-order valence-corrected chi connectivity index (χ0v) is 14.4. The van der Waals surface area contributed by atoms with Crippen molar-refractivity contribution in [3.63, 3.8) is 0 Å². The van der Waals surface area contributed by atoms with Gasteiger partial charge in [-0.1, -0.05) is 36.0 Å². The van der Waals surface area contributed by atoms with Gasteiger partial charge >= 0.3 is 0 Å². The van der Waals surface area contributed by atoms with Crippen LogP contribution in [0.15, 0.2) is 63.1 Å². The summed E-state index contributed by atoms with van der Waals surface area (Å²) in [5, 5.41) is 0.576. The van der Waals surface area contributed by atoms with Crippen LogP contribution in [-0.2, 0) is 15.8 Å². The Balaban J connectivity index is 1.78. The Hall–Kier alpha value is -1.83. The first-order chi connectivity index (χ1) is 11.0. The minimum absolute atomic E-state index is 0.290. The molecule has 1 heterocycles. The number of aromatic nitrogens is 1. The van der Waals surface area contributed by atoms with E-state index in [1.54, 1.807) is 18.2 Å². The van der Waals surface area contributed by atoms with Gasteiger partial charge in [-0.25, -0.2) is 17.7 Å². The van der Waals surface area contributed by atoms with E-state index in [9.17, 15) is 8.42 Å². The molecule has 0 unspecified atom stereocenters. The van der Waals surface area contributed by atoms with Crippen molar-refractivity contribution in [3.05, 3.63) is 54.1 Å². The van der Waals surface area contributed by atoms with Crippen LogP contribution in [0, 0.1) is 0 Å². The van der Waals surface area contributed by atoms with E-state index in [1.165, 1.54) is 30.2 Å². The van der Waals surface area contributed by atoms with Gasteiger partial charge in [0.05, 0.1) is 4.90 Å². The van der Waals surface area contributed by atoms with Crippen LogP contribution < -0.4 is 0 Å². The maximum atomic E-state index is 12.2. The molecule has 0 saturated heterocycles. The van der Waals surface area contributed by atoms with Crippen molar-refractivity contribution in [1.82, 2.24) is 9.29 Å². The Kier molecular flexibility index (Phi) is 4.43. The van der Waals surface area contributed by atoms with E-state index in [0.29, 0.717) is 11.0 Å². The number of sulfonamides is 1. The van der Waals surface area contributed by atoms with E-state index in [1.807, 2.05) is 30.3 Å². The van der Waals surface area contributed by atoms with Crippen LogP contribution in [0.4, 0.5) is 0 Å². The second kappa shape index (κ2) is 6.35. The van der Waals surface area contributed by atoms with Crippen molar-refractivity contribution < 1.29 is 12.8 Å². The maximum Gasteiger partial charge on any atom is 0.257 e. The lowest BCUT2D eigenvalue weighted by Gasteiger charge is -2.11. The number of nitrogens with zero attached hydrogens (tertiary/aromatic N) is 2. The molecule has 3 rings (SSSR count). The molecule has 0 aliphatic carbocycles. The zero-order chi connectivity index (χ0) is 16.4. The SMILES string of the molecule is CN(C)S(=O)(=O)c1cccc(CSc2nc3ccccc3o2)c1. The molecule has 0 bridgehead atoms. The minimum Gasteiger partial charge on any atom is -0.431 e. The van der Waals surface area contributed by atoms with Crippen molar-refractivity contribution in [2.24, 2.45) is 0 Å². The van der Waals surface area contributed by atoms with Gasteiger partial charge in [0, 0.05) is 19.8 Å². The van der Waals surface area contributed by atoms with Gasteiger partial charge in [0.1, 0.15) is 5.52 Å². The number of rotatable bonds is 5. The first-order valence-corrected chi connectivity index (χ1v) is 9.39. The smallest absolute Gasteiger partial charge is 0.257 e. The Morgan fingerprint density at radius 3 is 2.65 bits per heavy atom. The molecule has 2 aromatic carbocycles. The molecule has 0 spiro atoms. The summed E-state index contributed by atoms with van der Waals surface area (Å²) >= 11 is 1.44. The van der Waals surface area contributed by atoms with Crippen LogP contribution in [0.1, 0.15) is 5.56 Å². The van der Waals surface area contributed by atoms with Crippen molar-refractivity contribution in [3.8, 4) is 0 Å². The van der Waals surface area contributed by atoms with E-state index in [4.69, 9.17) is 4.42 Å². The number of fused-ring (bicyclic) bond motifs is 1. The molecule has 120 valence electrons.